The molecule has 1 aromatic carbocycles. The van der Waals surface area contributed by atoms with Crippen molar-refractivity contribution in [3.05, 3.63) is 29.8 Å². The van der Waals surface area contributed by atoms with E-state index in [1.807, 2.05) is 12.1 Å². The van der Waals surface area contributed by atoms with Gasteiger partial charge in [-0.05, 0) is 45.0 Å². The minimum absolute atomic E-state index is 0.131. The third-order valence-electron chi connectivity index (χ3n) is 3.68. The van der Waals surface area contributed by atoms with Crippen molar-refractivity contribution in [1.82, 2.24) is 4.90 Å². The Labute approximate surface area is 109 Å². The number of ketones is 1. The molecule has 0 aliphatic carbocycles. The summed E-state index contributed by atoms with van der Waals surface area (Å²) >= 11 is 0. The Kier molecular flexibility index (Phi) is 4.02. The van der Waals surface area contributed by atoms with E-state index < -0.39 is 0 Å². The molecule has 98 valence electrons. The van der Waals surface area contributed by atoms with Crippen LogP contribution in [-0.2, 0) is 0 Å². The number of piperazine rings is 1. The molecule has 1 aliphatic heterocycles. The van der Waals surface area contributed by atoms with E-state index in [0.717, 1.165) is 31.7 Å². The van der Waals surface area contributed by atoms with Gasteiger partial charge in [-0.1, -0.05) is 0 Å². The van der Waals surface area contributed by atoms with Crippen molar-refractivity contribution in [2.45, 2.75) is 26.8 Å². The number of carbonyl (C=O) groups excluding carboxylic acids is 1. The number of anilines is 1. The summed E-state index contributed by atoms with van der Waals surface area (Å²) in [6, 6.07) is 8.59. The van der Waals surface area contributed by atoms with Crippen molar-refractivity contribution in [3.63, 3.8) is 0 Å². The highest BCUT2D eigenvalue weighted by atomic mass is 16.1. The van der Waals surface area contributed by atoms with E-state index in [4.69, 9.17) is 0 Å². The normalized spacial score (nSPS) is 17.2. The number of rotatable bonds is 3. The van der Waals surface area contributed by atoms with Crippen LogP contribution in [0.4, 0.5) is 5.69 Å². The topological polar surface area (TPSA) is 23.6 Å². The first-order chi connectivity index (χ1) is 8.58. The lowest BCUT2D eigenvalue weighted by molar-refractivity contribution is 0.101. The Hall–Kier alpha value is -1.35. The molecule has 3 heteroatoms. The van der Waals surface area contributed by atoms with Crippen molar-refractivity contribution in [1.29, 1.82) is 0 Å². The fourth-order valence-electron chi connectivity index (χ4n) is 2.40. The molecule has 0 unspecified atom stereocenters. The van der Waals surface area contributed by atoms with Gasteiger partial charge in [0, 0.05) is 43.5 Å². The van der Waals surface area contributed by atoms with Gasteiger partial charge in [0.25, 0.3) is 0 Å². The number of hydrogen-bond acceptors (Lipinski definition) is 3. The average molecular weight is 246 g/mol. The first-order valence-corrected chi connectivity index (χ1v) is 6.68. The molecule has 0 amide bonds. The van der Waals surface area contributed by atoms with Crippen LogP contribution in [0.5, 0.6) is 0 Å². The molecule has 1 aliphatic rings. The lowest BCUT2D eigenvalue weighted by Crippen LogP contribution is -2.48. The molecular formula is C15H22N2O. The molecule has 0 N–H and O–H groups in total. The first kappa shape index (κ1) is 13.1. The molecule has 0 radical (unpaired) electrons. The summed E-state index contributed by atoms with van der Waals surface area (Å²) in [4.78, 5) is 16.1. The van der Waals surface area contributed by atoms with Crippen LogP contribution in [0, 0.1) is 0 Å². The van der Waals surface area contributed by atoms with Gasteiger partial charge in [0.2, 0.25) is 0 Å². The molecule has 1 heterocycles. The number of hydrogen-bond donors (Lipinski definition) is 0. The predicted octanol–water partition coefficient (Wildman–Crippen LogP) is 2.42. The SMILES string of the molecule is CC(=O)c1ccc(N2CCN(C(C)C)CC2)cc1. The predicted molar refractivity (Wildman–Crippen MR) is 75.4 cm³/mol. The van der Waals surface area contributed by atoms with Gasteiger partial charge >= 0.3 is 0 Å². The first-order valence-electron chi connectivity index (χ1n) is 6.68. The average Bonchev–Trinajstić information content (AvgIpc) is 2.39. The summed E-state index contributed by atoms with van der Waals surface area (Å²) in [5, 5.41) is 0. The molecular weight excluding hydrogens is 224 g/mol. The van der Waals surface area contributed by atoms with E-state index >= 15 is 0 Å². The molecule has 0 spiro atoms. The van der Waals surface area contributed by atoms with E-state index in [1.54, 1.807) is 6.92 Å². The highest BCUT2D eigenvalue weighted by molar-refractivity contribution is 5.94. The third kappa shape index (κ3) is 2.91. The smallest absolute Gasteiger partial charge is 0.159 e. The Balaban J connectivity index is 1.99. The van der Waals surface area contributed by atoms with Crippen LogP contribution in [-0.4, -0.2) is 42.9 Å². The monoisotopic (exact) mass is 246 g/mol. The van der Waals surface area contributed by atoms with Crippen molar-refractivity contribution in [2.24, 2.45) is 0 Å². The molecule has 0 aromatic heterocycles. The molecule has 1 fully saturated rings. The second-order valence-electron chi connectivity index (χ2n) is 5.22. The summed E-state index contributed by atoms with van der Waals surface area (Å²) in [6.07, 6.45) is 0. The van der Waals surface area contributed by atoms with Crippen molar-refractivity contribution in [3.8, 4) is 0 Å². The number of carbonyl (C=O) groups is 1. The maximum Gasteiger partial charge on any atom is 0.159 e. The van der Waals surface area contributed by atoms with Crippen LogP contribution < -0.4 is 4.90 Å². The minimum Gasteiger partial charge on any atom is -0.369 e. The largest absolute Gasteiger partial charge is 0.369 e. The maximum atomic E-state index is 11.2. The van der Waals surface area contributed by atoms with Gasteiger partial charge in [-0.3, -0.25) is 9.69 Å². The lowest BCUT2D eigenvalue weighted by atomic mass is 10.1. The maximum absolute atomic E-state index is 11.2. The zero-order valence-corrected chi connectivity index (χ0v) is 11.5. The van der Waals surface area contributed by atoms with Gasteiger partial charge in [-0.2, -0.15) is 0 Å². The van der Waals surface area contributed by atoms with Crippen LogP contribution in [0.15, 0.2) is 24.3 Å². The van der Waals surface area contributed by atoms with Gasteiger partial charge in [0.1, 0.15) is 0 Å². The zero-order chi connectivity index (χ0) is 13.1. The van der Waals surface area contributed by atoms with Gasteiger partial charge in [0.05, 0.1) is 0 Å². The summed E-state index contributed by atoms with van der Waals surface area (Å²) in [5.74, 6) is 0.131. The molecule has 0 saturated carbocycles. The van der Waals surface area contributed by atoms with Gasteiger partial charge < -0.3 is 4.90 Å². The standard InChI is InChI=1S/C15H22N2O/c1-12(2)16-8-10-17(11-9-16)15-6-4-14(5-7-15)13(3)18/h4-7,12H,8-11H2,1-3H3. The molecule has 1 aromatic rings. The highest BCUT2D eigenvalue weighted by Crippen LogP contribution is 2.18. The molecule has 3 nitrogen and oxygen atoms in total. The molecule has 1 saturated heterocycles. The van der Waals surface area contributed by atoms with E-state index in [0.29, 0.717) is 6.04 Å². The molecule has 18 heavy (non-hydrogen) atoms. The van der Waals surface area contributed by atoms with Gasteiger partial charge in [-0.15, -0.1) is 0 Å². The molecule has 0 atom stereocenters. The van der Waals surface area contributed by atoms with Crippen molar-refractivity contribution in [2.75, 3.05) is 31.1 Å². The Morgan fingerprint density at radius 1 is 1.06 bits per heavy atom. The van der Waals surface area contributed by atoms with E-state index in [1.165, 1.54) is 5.69 Å². The fraction of sp³-hybridized carbons (Fsp3) is 0.533. The summed E-state index contributed by atoms with van der Waals surface area (Å²) in [5.41, 5.74) is 2.02. The van der Waals surface area contributed by atoms with E-state index in [-0.39, 0.29) is 5.78 Å². The zero-order valence-electron chi connectivity index (χ0n) is 11.5. The Morgan fingerprint density at radius 2 is 1.61 bits per heavy atom. The van der Waals surface area contributed by atoms with E-state index in [2.05, 4.69) is 35.8 Å². The summed E-state index contributed by atoms with van der Waals surface area (Å²) < 4.78 is 0. The Morgan fingerprint density at radius 3 is 2.06 bits per heavy atom. The van der Waals surface area contributed by atoms with Crippen LogP contribution in [0.1, 0.15) is 31.1 Å². The van der Waals surface area contributed by atoms with Crippen LogP contribution in [0.3, 0.4) is 0 Å². The van der Waals surface area contributed by atoms with Crippen LogP contribution in [0.25, 0.3) is 0 Å². The third-order valence-corrected chi connectivity index (χ3v) is 3.68. The molecule has 2 rings (SSSR count). The van der Waals surface area contributed by atoms with Crippen LogP contribution >= 0.6 is 0 Å². The minimum atomic E-state index is 0.131. The highest BCUT2D eigenvalue weighted by Gasteiger charge is 2.18. The number of nitrogens with zero attached hydrogens (tertiary/aromatic N) is 2. The second kappa shape index (κ2) is 5.53. The van der Waals surface area contributed by atoms with Crippen molar-refractivity contribution >= 4 is 11.5 Å². The van der Waals surface area contributed by atoms with E-state index in [9.17, 15) is 4.79 Å². The van der Waals surface area contributed by atoms with Crippen LogP contribution in [0.2, 0.25) is 0 Å². The summed E-state index contributed by atoms with van der Waals surface area (Å²) in [6.45, 7) is 10.5. The lowest BCUT2D eigenvalue weighted by Gasteiger charge is -2.38. The summed E-state index contributed by atoms with van der Waals surface area (Å²) in [7, 11) is 0. The van der Waals surface area contributed by atoms with Gasteiger partial charge in [-0.25, -0.2) is 0 Å². The number of benzene rings is 1. The quantitative estimate of drug-likeness (QED) is 0.765. The Bertz CT molecular complexity index is 403. The van der Waals surface area contributed by atoms with Gasteiger partial charge in [0.15, 0.2) is 5.78 Å². The second-order valence-corrected chi connectivity index (χ2v) is 5.22. The fourth-order valence-corrected chi connectivity index (χ4v) is 2.40. The molecule has 0 bridgehead atoms. The van der Waals surface area contributed by atoms with Crippen molar-refractivity contribution < 1.29 is 4.79 Å². The number of Topliss-reactive ketones (excluding diaryl/α,β-unsaturated/α-hetero) is 1.